The van der Waals surface area contributed by atoms with E-state index >= 15 is 0 Å². The van der Waals surface area contributed by atoms with E-state index in [0.29, 0.717) is 5.75 Å². The molecule has 0 aromatic heterocycles. The van der Waals surface area contributed by atoms with E-state index in [2.05, 4.69) is 13.0 Å². The van der Waals surface area contributed by atoms with Gasteiger partial charge in [0.1, 0.15) is 5.75 Å². The van der Waals surface area contributed by atoms with Crippen molar-refractivity contribution in [3.05, 3.63) is 29.3 Å². The Kier molecular flexibility index (Phi) is 3.33. The van der Waals surface area contributed by atoms with Crippen molar-refractivity contribution < 1.29 is 4.74 Å². The van der Waals surface area contributed by atoms with Gasteiger partial charge in [-0.25, -0.2) is 0 Å². The number of nitriles is 1. The first-order chi connectivity index (χ1) is 6.31. The van der Waals surface area contributed by atoms with Gasteiger partial charge in [-0.1, -0.05) is 26.0 Å². The van der Waals surface area contributed by atoms with E-state index in [4.69, 9.17) is 10.00 Å². The predicted molar refractivity (Wildman–Crippen MR) is 51.4 cm³/mol. The van der Waals surface area contributed by atoms with Gasteiger partial charge in [0.05, 0.1) is 0 Å². The molecule has 0 heterocycles. The van der Waals surface area contributed by atoms with Gasteiger partial charge in [-0.3, -0.25) is 0 Å². The summed E-state index contributed by atoms with van der Waals surface area (Å²) in [6, 6.07) is 6.02. The molecular weight excluding hydrogens is 162 g/mol. The third kappa shape index (κ3) is 2.22. The maximum Gasteiger partial charge on any atom is 0.292 e. The highest BCUT2D eigenvalue weighted by atomic mass is 16.5. The zero-order chi connectivity index (χ0) is 9.68. The molecule has 0 aliphatic heterocycles. The maximum atomic E-state index is 8.43. The fourth-order valence-electron chi connectivity index (χ4n) is 1.26. The predicted octanol–water partition coefficient (Wildman–Crippen LogP) is 2.67. The van der Waals surface area contributed by atoms with Crippen molar-refractivity contribution in [1.82, 2.24) is 0 Å². The molecule has 2 nitrogen and oxygen atoms in total. The standard InChI is InChI=1S/C11H13NO/c1-3-9-5-6-10(4-2)11(7-9)13-8-12/h5-7H,3-4H2,1-2H3. The van der Waals surface area contributed by atoms with E-state index in [0.717, 1.165) is 18.4 Å². The summed E-state index contributed by atoms with van der Waals surface area (Å²) in [5, 5.41) is 8.43. The molecule has 0 saturated carbocycles. The molecule has 0 N–H and O–H groups in total. The number of benzene rings is 1. The van der Waals surface area contributed by atoms with Crippen LogP contribution in [0.4, 0.5) is 0 Å². The summed E-state index contributed by atoms with van der Waals surface area (Å²) in [5.41, 5.74) is 2.28. The van der Waals surface area contributed by atoms with Gasteiger partial charge in [0, 0.05) is 0 Å². The van der Waals surface area contributed by atoms with Crippen molar-refractivity contribution >= 4 is 0 Å². The van der Waals surface area contributed by atoms with Gasteiger partial charge in [0.15, 0.2) is 0 Å². The van der Waals surface area contributed by atoms with E-state index in [1.54, 1.807) is 6.26 Å². The van der Waals surface area contributed by atoms with Crippen LogP contribution in [0.15, 0.2) is 18.2 Å². The minimum atomic E-state index is 0.698. The number of ether oxygens (including phenoxy) is 1. The molecule has 1 aromatic rings. The molecule has 0 spiro atoms. The molecule has 0 radical (unpaired) electrons. The normalized spacial score (nSPS) is 9.31. The second-order valence-electron chi connectivity index (χ2n) is 2.84. The van der Waals surface area contributed by atoms with Gasteiger partial charge in [0.2, 0.25) is 0 Å². The van der Waals surface area contributed by atoms with E-state index in [1.807, 2.05) is 19.1 Å². The molecule has 0 fully saturated rings. The third-order valence-corrected chi connectivity index (χ3v) is 2.08. The van der Waals surface area contributed by atoms with Gasteiger partial charge in [0.25, 0.3) is 6.26 Å². The lowest BCUT2D eigenvalue weighted by molar-refractivity contribution is 0.500. The molecule has 1 aromatic carbocycles. The minimum Gasteiger partial charge on any atom is -0.388 e. The van der Waals surface area contributed by atoms with Crippen LogP contribution < -0.4 is 4.74 Å². The largest absolute Gasteiger partial charge is 0.388 e. The Morgan fingerprint density at radius 2 is 2.08 bits per heavy atom. The summed E-state index contributed by atoms with van der Waals surface area (Å²) in [5.74, 6) is 0.698. The first kappa shape index (κ1) is 9.60. The molecule has 0 amide bonds. The minimum absolute atomic E-state index is 0.698. The molecule has 13 heavy (non-hydrogen) atoms. The van der Waals surface area contributed by atoms with Gasteiger partial charge in [-0.15, -0.1) is 5.26 Å². The fraction of sp³-hybridized carbons (Fsp3) is 0.364. The van der Waals surface area contributed by atoms with Gasteiger partial charge in [-0.05, 0) is 30.0 Å². The summed E-state index contributed by atoms with van der Waals surface area (Å²) in [4.78, 5) is 0. The van der Waals surface area contributed by atoms with Crippen LogP contribution in [0.1, 0.15) is 25.0 Å². The summed E-state index contributed by atoms with van der Waals surface area (Å²) in [7, 11) is 0. The highest BCUT2D eigenvalue weighted by Crippen LogP contribution is 2.21. The SMILES string of the molecule is CCc1ccc(CC)c(OC#N)c1. The molecule has 0 unspecified atom stereocenters. The smallest absolute Gasteiger partial charge is 0.292 e. The Hall–Kier alpha value is -1.49. The Labute approximate surface area is 78.8 Å². The number of nitrogens with zero attached hydrogens (tertiary/aromatic N) is 1. The number of hydrogen-bond acceptors (Lipinski definition) is 2. The zero-order valence-corrected chi connectivity index (χ0v) is 8.00. The Balaban J connectivity index is 3.04. The first-order valence-corrected chi connectivity index (χ1v) is 4.49. The van der Waals surface area contributed by atoms with Crippen LogP contribution in [0.5, 0.6) is 5.75 Å². The van der Waals surface area contributed by atoms with E-state index < -0.39 is 0 Å². The topological polar surface area (TPSA) is 33.0 Å². The van der Waals surface area contributed by atoms with Gasteiger partial charge in [-0.2, -0.15) is 0 Å². The first-order valence-electron chi connectivity index (χ1n) is 4.49. The molecule has 2 heteroatoms. The summed E-state index contributed by atoms with van der Waals surface area (Å²) >= 11 is 0. The Bertz CT molecular complexity index is 325. The highest BCUT2D eigenvalue weighted by molar-refractivity contribution is 5.38. The second-order valence-corrected chi connectivity index (χ2v) is 2.84. The van der Waals surface area contributed by atoms with Crippen LogP contribution in [-0.2, 0) is 12.8 Å². The van der Waals surface area contributed by atoms with Crippen molar-refractivity contribution in [2.45, 2.75) is 26.7 Å². The van der Waals surface area contributed by atoms with Crippen molar-refractivity contribution in [3.63, 3.8) is 0 Å². The molecule has 0 atom stereocenters. The lowest BCUT2D eigenvalue weighted by Crippen LogP contribution is -1.91. The molecule has 0 aliphatic rings. The van der Waals surface area contributed by atoms with Crippen LogP contribution in [-0.4, -0.2) is 0 Å². The van der Waals surface area contributed by atoms with Crippen LogP contribution in [0.25, 0.3) is 0 Å². The van der Waals surface area contributed by atoms with Crippen LogP contribution in [0, 0.1) is 11.5 Å². The van der Waals surface area contributed by atoms with Crippen molar-refractivity contribution in [2.75, 3.05) is 0 Å². The zero-order valence-electron chi connectivity index (χ0n) is 8.00. The third-order valence-electron chi connectivity index (χ3n) is 2.08. The lowest BCUT2D eigenvalue weighted by atomic mass is 10.1. The molecule has 0 saturated heterocycles. The van der Waals surface area contributed by atoms with Crippen LogP contribution in [0.3, 0.4) is 0 Å². The fourth-order valence-corrected chi connectivity index (χ4v) is 1.26. The average Bonchev–Trinajstić information content (AvgIpc) is 2.18. The van der Waals surface area contributed by atoms with Gasteiger partial charge >= 0.3 is 0 Å². The molecule has 1 rings (SSSR count). The van der Waals surface area contributed by atoms with Crippen molar-refractivity contribution in [1.29, 1.82) is 5.26 Å². The summed E-state index contributed by atoms with van der Waals surface area (Å²) in [6.45, 7) is 4.13. The Morgan fingerprint density at radius 1 is 1.31 bits per heavy atom. The summed E-state index contributed by atoms with van der Waals surface area (Å²) < 4.78 is 4.88. The van der Waals surface area contributed by atoms with E-state index in [1.165, 1.54) is 5.56 Å². The molecule has 0 bridgehead atoms. The van der Waals surface area contributed by atoms with Crippen LogP contribution in [0.2, 0.25) is 0 Å². The Morgan fingerprint density at radius 3 is 2.62 bits per heavy atom. The maximum absolute atomic E-state index is 8.43. The van der Waals surface area contributed by atoms with Crippen molar-refractivity contribution in [3.8, 4) is 12.0 Å². The number of hydrogen-bond donors (Lipinski definition) is 0. The molecule has 68 valence electrons. The van der Waals surface area contributed by atoms with E-state index in [9.17, 15) is 0 Å². The van der Waals surface area contributed by atoms with Crippen LogP contribution >= 0.6 is 0 Å². The molecular formula is C11H13NO. The highest BCUT2D eigenvalue weighted by Gasteiger charge is 2.02. The van der Waals surface area contributed by atoms with Gasteiger partial charge < -0.3 is 4.74 Å². The quantitative estimate of drug-likeness (QED) is 0.661. The summed E-state index contributed by atoms with van der Waals surface area (Å²) in [6.07, 6.45) is 3.56. The second kappa shape index (κ2) is 4.51. The molecule has 0 aliphatic carbocycles. The van der Waals surface area contributed by atoms with E-state index in [-0.39, 0.29) is 0 Å². The monoisotopic (exact) mass is 175 g/mol. The number of rotatable bonds is 3. The number of aryl methyl sites for hydroxylation is 2. The lowest BCUT2D eigenvalue weighted by Gasteiger charge is -2.05. The average molecular weight is 175 g/mol. The van der Waals surface area contributed by atoms with Crippen molar-refractivity contribution in [2.24, 2.45) is 0 Å².